The summed E-state index contributed by atoms with van der Waals surface area (Å²) >= 11 is 6.15. The van der Waals surface area contributed by atoms with Gasteiger partial charge in [-0.1, -0.05) is 72.3 Å². The first-order chi connectivity index (χ1) is 15.5. The molecule has 1 heterocycles. The van der Waals surface area contributed by atoms with Crippen LogP contribution in [0.3, 0.4) is 0 Å². The summed E-state index contributed by atoms with van der Waals surface area (Å²) in [5.41, 5.74) is 2.98. The van der Waals surface area contributed by atoms with Crippen molar-refractivity contribution in [2.24, 2.45) is 0 Å². The highest BCUT2D eigenvalue weighted by atomic mass is 35.5. The quantitative estimate of drug-likeness (QED) is 0.538. The largest absolute Gasteiger partial charge is 0.375 e. The zero-order valence-electron chi connectivity index (χ0n) is 17.0. The Kier molecular flexibility index (Phi) is 6.33. The number of halogens is 1. The van der Waals surface area contributed by atoms with Crippen molar-refractivity contribution in [2.45, 2.75) is 13.1 Å². The molecule has 160 valence electrons. The van der Waals surface area contributed by atoms with Crippen LogP contribution in [0.15, 0.2) is 95.7 Å². The van der Waals surface area contributed by atoms with Crippen LogP contribution >= 0.6 is 11.6 Å². The minimum absolute atomic E-state index is 0.0819. The molecule has 0 aromatic heterocycles. The molecule has 3 amide bonds. The van der Waals surface area contributed by atoms with Crippen molar-refractivity contribution >= 4 is 35.0 Å². The Labute approximate surface area is 190 Å². The Bertz CT molecular complexity index is 1180. The van der Waals surface area contributed by atoms with Crippen molar-refractivity contribution in [1.29, 1.82) is 0 Å². The van der Waals surface area contributed by atoms with E-state index in [1.54, 1.807) is 24.3 Å². The van der Waals surface area contributed by atoms with Crippen LogP contribution in [0.5, 0.6) is 0 Å². The number of hydrogen-bond donors (Lipinski definition) is 2. The van der Waals surface area contributed by atoms with Crippen LogP contribution in [-0.2, 0) is 22.7 Å². The molecule has 1 aliphatic heterocycles. The normalized spacial score (nSPS) is 13.5. The van der Waals surface area contributed by atoms with Crippen LogP contribution < -0.4 is 10.6 Å². The molecule has 0 bridgehead atoms. The fraction of sp³-hybridized carbons (Fsp3) is 0.0800. The second kappa shape index (κ2) is 9.49. The topological polar surface area (TPSA) is 78.5 Å². The second-order valence-electron chi connectivity index (χ2n) is 7.24. The number of nitrogens with zero attached hydrogens (tertiary/aromatic N) is 1. The maximum atomic E-state index is 12.7. The van der Waals surface area contributed by atoms with E-state index < -0.39 is 11.8 Å². The third kappa shape index (κ3) is 4.71. The molecule has 2 N–H and O–H groups in total. The number of anilines is 1. The molecule has 0 spiro atoms. The van der Waals surface area contributed by atoms with Crippen molar-refractivity contribution in [3.05, 3.63) is 112 Å². The van der Waals surface area contributed by atoms with Gasteiger partial charge in [0.15, 0.2) is 0 Å². The van der Waals surface area contributed by atoms with Gasteiger partial charge in [-0.05, 0) is 35.4 Å². The van der Waals surface area contributed by atoms with Crippen molar-refractivity contribution in [3.8, 4) is 0 Å². The average Bonchev–Trinajstić information content (AvgIpc) is 3.02. The average molecular weight is 446 g/mol. The molecule has 0 radical (unpaired) electrons. The molecular weight excluding hydrogens is 426 g/mol. The molecule has 0 saturated carbocycles. The summed E-state index contributed by atoms with van der Waals surface area (Å²) in [6.07, 6.45) is 0. The summed E-state index contributed by atoms with van der Waals surface area (Å²) in [5.74, 6) is -1.19. The Hall–Kier alpha value is -3.90. The Morgan fingerprint density at radius 3 is 2.06 bits per heavy atom. The molecule has 0 unspecified atom stereocenters. The van der Waals surface area contributed by atoms with Crippen LogP contribution in [0, 0.1) is 0 Å². The van der Waals surface area contributed by atoms with Gasteiger partial charge >= 0.3 is 0 Å². The van der Waals surface area contributed by atoms with Gasteiger partial charge in [-0.25, -0.2) is 0 Å². The van der Waals surface area contributed by atoms with Crippen LogP contribution in [-0.4, -0.2) is 22.6 Å². The number of carbonyl (C=O) groups is 3. The second-order valence-corrected chi connectivity index (χ2v) is 7.62. The van der Waals surface area contributed by atoms with E-state index in [4.69, 9.17) is 11.6 Å². The number of para-hydroxylation sites is 1. The van der Waals surface area contributed by atoms with Crippen LogP contribution in [0.2, 0.25) is 0 Å². The summed E-state index contributed by atoms with van der Waals surface area (Å²) in [5, 5.41) is 5.68. The molecule has 32 heavy (non-hydrogen) atoms. The lowest BCUT2D eigenvalue weighted by atomic mass is 10.1. The molecule has 3 aromatic carbocycles. The van der Waals surface area contributed by atoms with Crippen molar-refractivity contribution in [2.75, 3.05) is 5.32 Å². The molecule has 4 rings (SSSR count). The third-order valence-corrected chi connectivity index (χ3v) is 5.36. The van der Waals surface area contributed by atoms with Gasteiger partial charge in [0, 0.05) is 17.8 Å². The minimum Gasteiger partial charge on any atom is -0.375 e. The number of amides is 3. The van der Waals surface area contributed by atoms with E-state index >= 15 is 0 Å². The maximum Gasteiger partial charge on any atom is 0.278 e. The number of carbonyl (C=O) groups excluding carboxylic acids is 3. The lowest BCUT2D eigenvalue weighted by Crippen LogP contribution is -2.33. The molecule has 7 heteroatoms. The van der Waals surface area contributed by atoms with E-state index in [0.717, 1.165) is 16.0 Å². The third-order valence-electron chi connectivity index (χ3n) is 5.01. The number of rotatable bonds is 7. The van der Waals surface area contributed by atoms with Crippen LogP contribution in [0.25, 0.3) is 0 Å². The number of hydrogen-bond acceptors (Lipinski definition) is 4. The van der Waals surface area contributed by atoms with Gasteiger partial charge in [0.05, 0.1) is 6.54 Å². The predicted octanol–water partition coefficient (Wildman–Crippen LogP) is 4.05. The molecule has 3 aromatic rings. The van der Waals surface area contributed by atoms with E-state index in [1.807, 2.05) is 60.7 Å². The van der Waals surface area contributed by atoms with E-state index in [0.29, 0.717) is 11.3 Å². The van der Waals surface area contributed by atoms with Crippen molar-refractivity contribution in [1.82, 2.24) is 10.2 Å². The zero-order valence-corrected chi connectivity index (χ0v) is 17.8. The van der Waals surface area contributed by atoms with E-state index in [1.165, 1.54) is 0 Å². The SMILES string of the molecule is O=C(Nc1ccccc1)c1ccc(CNC2=C(Cl)C(=O)N(Cc3ccccc3)C2=O)cc1. The van der Waals surface area contributed by atoms with Gasteiger partial charge in [-0.2, -0.15) is 0 Å². The number of benzene rings is 3. The lowest BCUT2D eigenvalue weighted by Gasteiger charge is -2.15. The van der Waals surface area contributed by atoms with Gasteiger partial charge in [0.1, 0.15) is 10.7 Å². The predicted molar refractivity (Wildman–Crippen MR) is 123 cm³/mol. The highest BCUT2D eigenvalue weighted by molar-refractivity contribution is 6.47. The van der Waals surface area contributed by atoms with Crippen molar-refractivity contribution < 1.29 is 14.4 Å². The number of nitrogens with one attached hydrogen (secondary N) is 2. The molecule has 6 nitrogen and oxygen atoms in total. The standard InChI is InChI=1S/C25H20ClN3O3/c26-21-22(25(32)29(24(21)31)16-18-7-3-1-4-8-18)27-15-17-11-13-19(14-12-17)23(30)28-20-9-5-2-6-10-20/h1-14,27H,15-16H2,(H,28,30). The first-order valence-electron chi connectivity index (χ1n) is 10.0. The van der Waals surface area contributed by atoms with Crippen molar-refractivity contribution in [3.63, 3.8) is 0 Å². The Morgan fingerprint density at radius 2 is 1.41 bits per heavy atom. The van der Waals surface area contributed by atoms with Gasteiger partial charge in [-0.15, -0.1) is 0 Å². The summed E-state index contributed by atoms with van der Waals surface area (Å²) < 4.78 is 0. The summed E-state index contributed by atoms with van der Waals surface area (Å²) in [6.45, 7) is 0.440. The zero-order chi connectivity index (χ0) is 22.5. The van der Waals surface area contributed by atoms with E-state index in [-0.39, 0.29) is 29.7 Å². The summed E-state index contributed by atoms with van der Waals surface area (Å²) in [4.78, 5) is 38.6. The fourth-order valence-electron chi connectivity index (χ4n) is 3.30. The smallest absolute Gasteiger partial charge is 0.278 e. The maximum absolute atomic E-state index is 12.7. The molecule has 0 aliphatic carbocycles. The van der Waals surface area contributed by atoms with E-state index in [9.17, 15) is 14.4 Å². The molecule has 0 fully saturated rings. The minimum atomic E-state index is -0.518. The van der Waals surface area contributed by atoms with Gasteiger partial charge < -0.3 is 10.6 Å². The lowest BCUT2D eigenvalue weighted by molar-refractivity contribution is -0.138. The highest BCUT2D eigenvalue weighted by Crippen LogP contribution is 2.24. The van der Waals surface area contributed by atoms with Gasteiger partial charge in [0.2, 0.25) is 0 Å². The van der Waals surface area contributed by atoms with E-state index in [2.05, 4.69) is 10.6 Å². The van der Waals surface area contributed by atoms with Crippen LogP contribution in [0.1, 0.15) is 21.5 Å². The Balaban J connectivity index is 1.37. The van der Waals surface area contributed by atoms with Gasteiger partial charge in [-0.3, -0.25) is 19.3 Å². The summed E-state index contributed by atoms with van der Waals surface area (Å²) in [6, 6.07) is 25.4. The molecular formula is C25H20ClN3O3. The molecule has 1 aliphatic rings. The summed E-state index contributed by atoms with van der Waals surface area (Å²) in [7, 11) is 0. The molecule has 0 saturated heterocycles. The van der Waals surface area contributed by atoms with Gasteiger partial charge in [0.25, 0.3) is 17.7 Å². The Morgan fingerprint density at radius 1 is 0.781 bits per heavy atom. The first kappa shape index (κ1) is 21.3. The monoisotopic (exact) mass is 445 g/mol. The fourth-order valence-corrected chi connectivity index (χ4v) is 3.55. The molecule has 0 atom stereocenters. The first-order valence-corrected chi connectivity index (χ1v) is 10.4. The van der Waals surface area contributed by atoms with Crippen LogP contribution in [0.4, 0.5) is 5.69 Å². The number of imide groups is 1. The highest BCUT2D eigenvalue weighted by Gasteiger charge is 2.37.